The predicted octanol–water partition coefficient (Wildman–Crippen LogP) is 4.15. The second-order valence-electron chi connectivity index (χ2n) is 7.93. The van der Waals surface area contributed by atoms with Crippen molar-refractivity contribution in [2.75, 3.05) is 18.0 Å². The van der Waals surface area contributed by atoms with Gasteiger partial charge in [0.2, 0.25) is 0 Å². The Balaban J connectivity index is 1.36. The molecule has 0 unspecified atom stereocenters. The Bertz CT molecular complexity index is 1080. The molecule has 0 spiro atoms. The van der Waals surface area contributed by atoms with Crippen molar-refractivity contribution < 1.29 is 14.0 Å². The van der Waals surface area contributed by atoms with Gasteiger partial charge in [-0.05, 0) is 54.8 Å². The van der Waals surface area contributed by atoms with Gasteiger partial charge in [0.05, 0.1) is 5.56 Å². The molecule has 0 aliphatic carbocycles. The molecular weight excluding hydrogens is 405 g/mol. The monoisotopic (exact) mass is 431 g/mol. The first-order valence-corrected chi connectivity index (χ1v) is 10.8. The van der Waals surface area contributed by atoms with E-state index in [4.69, 9.17) is 0 Å². The number of hydrogen-bond acceptors (Lipinski definition) is 3. The minimum Gasteiger partial charge on any atom is -0.371 e. The molecule has 164 valence electrons. The van der Waals surface area contributed by atoms with Crippen molar-refractivity contribution in [3.63, 3.8) is 0 Å². The van der Waals surface area contributed by atoms with Crippen molar-refractivity contribution in [1.82, 2.24) is 10.6 Å². The zero-order valence-corrected chi connectivity index (χ0v) is 17.8. The lowest BCUT2D eigenvalue weighted by Crippen LogP contribution is -2.45. The summed E-state index contributed by atoms with van der Waals surface area (Å²) in [5.74, 6) is -0.565. The summed E-state index contributed by atoms with van der Waals surface area (Å²) in [6.07, 6.45) is 1.61. The first-order chi connectivity index (χ1) is 15.6. The molecule has 1 saturated heterocycles. The fraction of sp³-hybridized carbons (Fsp3) is 0.231. The van der Waals surface area contributed by atoms with Crippen molar-refractivity contribution in [1.29, 1.82) is 0 Å². The lowest BCUT2D eigenvalue weighted by molar-refractivity contribution is 0.0929. The Kier molecular flexibility index (Phi) is 6.80. The van der Waals surface area contributed by atoms with E-state index in [0.717, 1.165) is 31.6 Å². The molecule has 5 nitrogen and oxygen atoms in total. The Morgan fingerprint density at radius 2 is 1.59 bits per heavy atom. The Morgan fingerprint density at radius 1 is 0.875 bits per heavy atom. The summed E-state index contributed by atoms with van der Waals surface area (Å²) in [5, 5.41) is 6.00. The first-order valence-electron chi connectivity index (χ1n) is 10.8. The van der Waals surface area contributed by atoms with Crippen LogP contribution in [-0.4, -0.2) is 30.9 Å². The van der Waals surface area contributed by atoms with E-state index >= 15 is 0 Å². The molecule has 0 saturated carbocycles. The lowest BCUT2D eigenvalue weighted by Gasteiger charge is -2.35. The summed E-state index contributed by atoms with van der Waals surface area (Å²) in [7, 11) is 0. The average Bonchev–Trinajstić information content (AvgIpc) is 2.83. The van der Waals surface area contributed by atoms with Crippen LogP contribution >= 0.6 is 0 Å². The number of nitrogens with one attached hydrogen (secondary N) is 2. The molecule has 4 rings (SSSR count). The van der Waals surface area contributed by atoms with Gasteiger partial charge in [-0.25, -0.2) is 4.39 Å². The number of piperidine rings is 1. The zero-order chi connectivity index (χ0) is 22.3. The second kappa shape index (κ2) is 10.1. The van der Waals surface area contributed by atoms with Gasteiger partial charge in [0.1, 0.15) is 5.82 Å². The summed E-state index contributed by atoms with van der Waals surface area (Å²) in [4.78, 5) is 27.4. The predicted molar refractivity (Wildman–Crippen MR) is 123 cm³/mol. The van der Waals surface area contributed by atoms with E-state index in [0.29, 0.717) is 16.7 Å². The maximum atomic E-state index is 13.4. The van der Waals surface area contributed by atoms with Crippen molar-refractivity contribution >= 4 is 17.5 Å². The molecule has 3 aromatic carbocycles. The number of rotatable bonds is 6. The maximum Gasteiger partial charge on any atom is 0.253 e. The van der Waals surface area contributed by atoms with Crippen molar-refractivity contribution in [3.8, 4) is 0 Å². The number of anilines is 1. The standard InChI is InChI=1S/C26H26FN3O2/c27-21-10-6-7-19(17-21)18-28-26(32)23-11-4-5-12-24(23)30-15-13-22(14-16-30)29-25(31)20-8-2-1-3-9-20/h1-12,17,22H,13-16,18H2,(H,28,32)(H,29,31). The number of carbonyl (C=O) groups is 2. The third-order valence-corrected chi connectivity index (χ3v) is 5.70. The van der Waals surface area contributed by atoms with Gasteiger partial charge in [0.25, 0.3) is 11.8 Å². The normalized spacial score (nSPS) is 14.1. The van der Waals surface area contributed by atoms with Gasteiger partial charge in [0.15, 0.2) is 0 Å². The highest BCUT2D eigenvalue weighted by Gasteiger charge is 2.24. The molecular formula is C26H26FN3O2. The van der Waals surface area contributed by atoms with Gasteiger partial charge in [-0.2, -0.15) is 0 Å². The summed E-state index contributed by atoms with van der Waals surface area (Å²) in [6, 6.07) is 23.0. The van der Waals surface area contributed by atoms with Crippen LogP contribution in [0.1, 0.15) is 39.1 Å². The molecule has 0 atom stereocenters. The smallest absolute Gasteiger partial charge is 0.253 e. The van der Waals surface area contributed by atoms with Crippen LogP contribution in [0.25, 0.3) is 0 Å². The molecule has 6 heteroatoms. The topological polar surface area (TPSA) is 61.4 Å². The number of carbonyl (C=O) groups excluding carboxylic acids is 2. The second-order valence-corrected chi connectivity index (χ2v) is 7.93. The number of nitrogens with zero attached hydrogens (tertiary/aromatic N) is 1. The SMILES string of the molecule is O=C(NC1CCN(c2ccccc2C(=O)NCc2cccc(F)c2)CC1)c1ccccc1. The number of para-hydroxylation sites is 1. The summed E-state index contributed by atoms with van der Waals surface area (Å²) < 4.78 is 13.4. The van der Waals surface area contributed by atoms with E-state index in [2.05, 4.69) is 15.5 Å². The van der Waals surface area contributed by atoms with Gasteiger partial charge < -0.3 is 15.5 Å². The fourth-order valence-electron chi connectivity index (χ4n) is 3.99. The van der Waals surface area contributed by atoms with E-state index in [1.54, 1.807) is 18.2 Å². The number of halogens is 1. The van der Waals surface area contributed by atoms with Crippen LogP contribution in [0, 0.1) is 5.82 Å². The molecule has 1 aliphatic heterocycles. The fourth-order valence-corrected chi connectivity index (χ4v) is 3.99. The molecule has 0 radical (unpaired) electrons. The Labute approximate surface area is 187 Å². The van der Waals surface area contributed by atoms with E-state index in [-0.39, 0.29) is 30.2 Å². The van der Waals surface area contributed by atoms with Crippen LogP contribution in [0.4, 0.5) is 10.1 Å². The maximum absolute atomic E-state index is 13.4. The Hall–Kier alpha value is -3.67. The van der Waals surface area contributed by atoms with Crippen LogP contribution in [0.2, 0.25) is 0 Å². The number of benzene rings is 3. The minimum absolute atomic E-state index is 0.0545. The van der Waals surface area contributed by atoms with Crippen LogP contribution in [-0.2, 0) is 6.54 Å². The lowest BCUT2D eigenvalue weighted by atomic mass is 10.0. The van der Waals surface area contributed by atoms with Crippen LogP contribution < -0.4 is 15.5 Å². The van der Waals surface area contributed by atoms with Gasteiger partial charge in [0, 0.05) is 36.9 Å². The van der Waals surface area contributed by atoms with E-state index in [1.165, 1.54) is 12.1 Å². The highest BCUT2D eigenvalue weighted by molar-refractivity contribution is 5.99. The summed E-state index contributed by atoms with van der Waals surface area (Å²) in [6.45, 7) is 1.75. The molecule has 2 N–H and O–H groups in total. The van der Waals surface area contributed by atoms with E-state index < -0.39 is 0 Å². The molecule has 2 amide bonds. The van der Waals surface area contributed by atoms with Gasteiger partial charge >= 0.3 is 0 Å². The molecule has 0 aromatic heterocycles. The first kappa shape index (κ1) is 21.6. The van der Waals surface area contributed by atoms with Crippen LogP contribution in [0.3, 0.4) is 0 Å². The zero-order valence-electron chi connectivity index (χ0n) is 17.8. The number of amides is 2. The van der Waals surface area contributed by atoms with Crippen molar-refractivity contribution in [2.45, 2.75) is 25.4 Å². The third kappa shape index (κ3) is 5.32. The highest BCUT2D eigenvalue weighted by Crippen LogP contribution is 2.24. The average molecular weight is 432 g/mol. The minimum atomic E-state index is -0.320. The van der Waals surface area contributed by atoms with Crippen molar-refractivity contribution in [2.24, 2.45) is 0 Å². The van der Waals surface area contributed by atoms with E-state index in [9.17, 15) is 14.0 Å². The highest BCUT2D eigenvalue weighted by atomic mass is 19.1. The Morgan fingerprint density at radius 3 is 2.34 bits per heavy atom. The summed E-state index contributed by atoms with van der Waals surface area (Å²) in [5.41, 5.74) is 2.84. The largest absolute Gasteiger partial charge is 0.371 e. The van der Waals surface area contributed by atoms with Crippen LogP contribution in [0.5, 0.6) is 0 Å². The van der Waals surface area contributed by atoms with Gasteiger partial charge in [-0.15, -0.1) is 0 Å². The van der Waals surface area contributed by atoms with Crippen LogP contribution in [0.15, 0.2) is 78.9 Å². The molecule has 1 heterocycles. The molecule has 3 aromatic rings. The molecule has 1 fully saturated rings. The molecule has 0 bridgehead atoms. The van der Waals surface area contributed by atoms with E-state index in [1.807, 2.05) is 48.5 Å². The third-order valence-electron chi connectivity index (χ3n) is 5.70. The summed E-state index contributed by atoms with van der Waals surface area (Å²) >= 11 is 0. The van der Waals surface area contributed by atoms with Crippen molar-refractivity contribution in [3.05, 3.63) is 101 Å². The quantitative estimate of drug-likeness (QED) is 0.616. The van der Waals surface area contributed by atoms with Gasteiger partial charge in [-0.1, -0.05) is 42.5 Å². The number of hydrogen-bond donors (Lipinski definition) is 2. The van der Waals surface area contributed by atoms with Gasteiger partial charge in [-0.3, -0.25) is 9.59 Å². The molecule has 1 aliphatic rings. The molecule has 32 heavy (non-hydrogen) atoms.